The van der Waals surface area contributed by atoms with E-state index < -0.39 is 4.92 Å². The molecule has 6 heteroatoms. The predicted molar refractivity (Wildman–Crippen MR) is 70.8 cm³/mol. The van der Waals surface area contributed by atoms with Crippen LogP contribution in [0.4, 0.5) is 5.69 Å². The van der Waals surface area contributed by atoms with Gasteiger partial charge in [-0.2, -0.15) is 0 Å². The van der Waals surface area contributed by atoms with Gasteiger partial charge in [-0.1, -0.05) is 0 Å². The van der Waals surface area contributed by atoms with E-state index in [1.165, 1.54) is 24.3 Å². The average molecular weight is 263 g/mol. The minimum Gasteiger partial charge on any atom is -0.337 e. The second kappa shape index (κ2) is 5.36. The Bertz CT molecular complexity index is 482. The lowest BCUT2D eigenvalue weighted by molar-refractivity contribution is -0.384. The molecule has 1 aromatic carbocycles. The van der Waals surface area contributed by atoms with E-state index >= 15 is 0 Å². The van der Waals surface area contributed by atoms with Crippen molar-refractivity contribution in [1.29, 1.82) is 0 Å². The Kier molecular flexibility index (Phi) is 3.80. The molecule has 0 heterocycles. The summed E-state index contributed by atoms with van der Waals surface area (Å²) in [7, 11) is 1.74. The van der Waals surface area contributed by atoms with Gasteiger partial charge in [0.15, 0.2) is 0 Å². The first-order valence-corrected chi connectivity index (χ1v) is 6.26. The number of likely N-dealkylation sites (N-methyl/N-ethyl adjacent to an activating group) is 1. The van der Waals surface area contributed by atoms with Crippen molar-refractivity contribution in [3.05, 3.63) is 39.9 Å². The highest BCUT2D eigenvalue weighted by Crippen LogP contribution is 2.34. The minimum atomic E-state index is -0.481. The first-order chi connectivity index (χ1) is 9.04. The smallest absolute Gasteiger partial charge is 0.269 e. The highest BCUT2D eigenvalue weighted by atomic mass is 16.6. The monoisotopic (exact) mass is 263 g/mol. The zero-order valence-electron chi connectivity index (χ0n) is 10.8. The molecule has 0 radical (unpaired) electrons. The van der Waals surface area contributed by atoms with Gasteiger partial charge in [0.25, 0.3) is 11.6 Å². The number of nitrogens with two attached hydrogens (primary N) is 1. The number of benzene rings is 1. The summed E-state index contributed by atoms with van der Waals surface area (Å²) in [6.45, 7) is 0.444. The minimum absolute atomic E-state index is 0.0169. The van der Waals surface area contributed by atoms with Crippen molar-refractivity contribution in [2.75, 3.05) is 13.6 Å². The number of carbonyl (C=O) groups excluding carboxylic acids is 1. The lowest BCUT2D eigenvalue weighted by atomic mass is 10.1. The summed E-state index contributed by atoms with van der Waals surface area (Å²) in [4.78, 5) is 24.0. The summed E-state index contributed by atoms with van der Waals surface area (Å²) < 4.78 is 0. The Labute approximate surface area is 111 Å². The van der Waals surface area contributed by atoms with E-state index in [1.54, 1.807) is 11.9 Å². The highest BCUT2D eigenvalue weighted by Gasteiger charge is 2.35. The number of amides is 1. The Balaban J connectivity index is 2.11. The Morgan fingerprint density at radius 2 is 2.05 bits per heavy atom. The van der Waals surface area contributed by atoms with Crippen molar-refractivity contribution in [3.63, 3.8) is 0 Å². The number of hydrogen-bond acceptors (Lipinski definition) is 4. The second-order valence-corrected chi connectivity index (χ2v) is 4.86. The van der Waals surface area contributed by atoms with Crippen LogP contribution in [0.2, 0.25) is 0 Å². The standard InChI is InChI=1S/C13H17N3O3/c1-15(12(8-14)9-2-3-9)13(17)10-4-6-11(7-5-10)16(18)19/h4-7,9,12H,2-3,8,14H2,1H3. The molecule has 0 aliphatic heterocycles. The third-order valence-electron chi connectivity index (χ3n) is 3.55. The van der Waals surface area contributed by atoms with Gasteiger partial charge in [-0.3, -0.25) is 14.9 Å². The van der Waals surface area contributed by atoms with Gasteiger partial charge in [0.05, 0.1) is 4.92 Å². The van der Waals surface area contributed by atoms with Gasteiger partial charge in [0.2, 0.25) is 0 Å². The maximum absolute atomic E-state index is 12.3. The third kappa shape index (κ3) is 2.90. The van der Waals surface area contributed by atoms with Crippen molar-refractivity contribution in [2.24, 2.45) is 11.7 Å². The van der Waals surface area contributed by atoms with Crippen LogP contribution in [0.1, 0.15) is 23.2 Å². The molecule has 1 aliphatic rings. The van der Waals surface area contributed by atoms with Gasteiger partial charge in [0.1, 0.15) is 0 Å². The van der Waals surface area contributed by atoms with Gasteiger partial charge < -0.3 is 10.6 Å². The molecule has 1 aliphatic carbocycles. The van der Waals surface area contributed by atoms with Crippen LogP contribution in [0.25, 0.3) is 0 Å². The van der Waals surface area contributed by atoms with Crippen LogP contribution >= 0.6 is 0 Å². The van der Waals surface area contributed by atoms with Crippen LogP contribution < -0.4 is 5.73 Å². The molecule has 1 saturated carbocycles. The molecule has 6 nitrogen and oxygen atoms in total. The molecule has 2 rings (SSSR count). The van der Waals surface area contributed by atoms with E-state index in [9.17, 15) is 14.9 Å². The first-order valence-electron chi connectivity index (χ1n) is 6.26. The zero-order valence-corrected chi connectivity index (χ0v) is 10.8. The van der Waals surface area contributed by atoms with E-state index in [1.807, 2.05) is 0 Å². The number of hydrogen-bond donors (Lipinski definition) is 1. The normalized spacial score (nSPS) is 15.9. The molecule has 1 fully saturated rings. The largest absolute Gasteiger partial charge is 0.337 e. The van der Waals surface area contributed by atoms with Crippen LogP contribution in [-0.2, 0) is 0 Å². The van der Waals surface area contributed by atoms with Crippen LogP contribution in [-0.4, -0.2) is 35.4 Å². The van der Waals surface area contributed by atoms with Crippen LogP contribution in [0.5, 0.6) is 0 Å². The van der Waals surface area contributed by atoms with Gasteiger partial charge in [0, 0.05) is 37.3 Å². The molecule has 1 aromatic rings. The molecule has 102 valence electrons. The van der Waals surface area contributed by atoms with Gasteiger partial charge >= 0.3 is 0 Å². The fourth-order valence-electron chi connectivity index (χ4n) is 2.23. The maximum Gasteiger partial charge on any atom is 0.269 e. The number of nitro groups is 1. The van der Waals surface area contributed by atoms with Crippen LogP contribution in [0.15, 0.2) is 24.3 Å². The van der Waals surface area contributed by atoms with Crippen molar-refractivity contribution in [3.8, 4) is 0 Å². The quantitative estimate of drug-likeness (QED) is 0.642. The molecule has 0 saturated heterocycles. The highest BCUT2D eigenvalue weighted by molar-refractivity contribution is 5.94. The summed E-state index contributed by atoms with van der Waals surface area (Å²) in [5.74, 6) is 0.356. The summed E-state index contributed by atoms with van der Waals surface area (Å²) in [5.41, 5.74) is 6.15. The number of nitro benzene ring substituents is 1. The molecule has 1 amide bonds. The summed E-state index contributed by atoms with van der Waals surface area (Å²) >= 11 is 0. The molecule has 0 bridgehead atoms. The van der Waals surface area contributed by atoms with Crippen LogP contribution in [0, 0.1) is 16.0 Å². The van der Waals surface area contributed by atoms with Crippen molar-refractivity contribution >= 4 is 11.6 Å². The zero-order chi connectivity index (χ0) is 14.0. The second-order valence-electron chi connectivity index (χ2n) is 4.86. The number of nitrogens with zero attached hydrogens (tertiary/aromatic N) is 2. The molecular weight excluding hydrogens is 246 g/mol. The SMILES string of the molecule is CN(C(=O)c1ccc([N+](=O)[O-])cc1)C(CN)C1CC1. The maximum atomic E-state index is 12.3. The Morgan fingerprint density at radius 1 is 1.47 bits per heavy atom. The first kappa shape index (κ1) is 13.5. The van der Waals surface area contributed by atoms with Crippen LogP contribution in [0.3, 0.4) is 0 Å². The molecule has 1 atom stereocenters. The topological polar surface area (TPSA) is 89.5 Å². The third-order valence-corrected chi connectivity index (χ3v) is 3.55. The van der Waals surface area contributed by atoms with E-state index in [0.29, 0.717) is 18.0 Å². The lowest BCUT2D eigenvalue weighted by Crippen LogP contribution is -2.43. The van der Waals surface area contributed by atoms with E-state index in [2.05, 4.69) is 0 Å². The van der Waals surface area contributed by atoms with Gasteiger partial charge in [-0.25, -0.2) is 0 Å². The van der Waals surface area contributed by atoms with E-state index in [0.717, 1.165) is 12.8 Å². The summed E-state index contributed by atoms with van der Waals surface area (Å²) in [5, 5.41) is 10.6. The molecule has 19 heavy (non-hydrogen) atoms. The molecule has 0 aromatic heterocycles. The molecule has 2 N–H and O–H groups in total. The molecule has 0 spiro atoms. The lowest BCUT2D eigenvalue weighted by Gasteiger charge is -2.27. The van der Waals surface area contributed by atoms with E-state index in [-0.39, 0.29) is 17.6 Å². The van der Waals surface area contributed by atoms with Crippen molar-refractivity contribution < 1.29 is 9.72 Å². The molecule has 1 unspecified atom stereocenters. The van der Waals surface area contributed by atoms with Gasteiger partial charge in [-0.15, -0.1) is 0 Å². The van der Waals surface area contributed by atoms with E-state index in [4.69, 9.17) is 5.73 Å². The fourth-order valence-corrected chi connectivity index (χ4v) is 2.23. The Morgan fingerprint density at radius 3 is 2.47 bits per heavy atom. The predicted octanol–water partition coefficient (Wildman–Crippen LogP) is 1.40. The van der Waals surface area contributed by atoms with Gasteiger partial charge in [-0.05, 0) is 30.9 Å². The summed E-state index contributed by atoms with van der Waals surface area (Å²) in [6.07, 6.45) is 2.22. The number of non-ortho nitro benzene ring substituents is 1. The average Bonchev–Trinajstić information content (AvgIpc) is 3.23. The van der Waals surface area contributed by atoms with Crippen molar-refractivity contribution in [2.45, 2.75) is 18.9 Å². The molecular formula is C13H17N3O3. The number of rotatable bonds is 5. The van der Waals surface area contributed by atoms with Crippen molar-refractivity contribution in [1.82, 2.24) is 4.90 Å². The summed E-state index contributed by atoms with van der Waals surface area (Å²) in [6, 6.07) is 5.71. The Hall–Kier alpha value is -1.95. The fraction of sp³-hybridized carbons (Fsp3) is 0.462. The number of carbonyl (C=O) groups is 1.